The van der Waals surface area contributed by atoms with Gasteiger partial charge in [-0.1, -0.05) is 41.4 Å². The number of nitrogens with zero attached hydrogens (tertiary/aromatic N) is 2. The van der Waals surface area contributed by atoms with Crippen molar-refractivity contribution in [1.82, 2.24) is 9.80 Å². The molecule has 0 radical (unpaired) electrons. The molecule has 38 heavy (non-hydrogen) atoms. The normalized spacial score (nSPS) is 20.2. The summed E-state index contributed by atoms with van der Waals surface area (Å²) in [5, 5.41) is 11.1. The molecule has 1 spiro atoms. The molecule has 4 rings (SSSR count). The van der Waals surface area contributed by atoms with Crippen molar-refractivity contribution in [2.24, 2.45) is 0 Å². The summed E-state index contributed by atoms with van der Waals surface area (Å²) in [6.07, 6.45) is 1.13. The van der Waals surface area contributed by atoms with Crippen LogP contribution in [0.1, 0.15) is 51.2 Å². The Morgan fingerprint density at radius 2 is 1.71 bits per heavy atom. The molecule has 0 saturated carbocycles. The largest absolute Gasteiger partial charge is 0.489 e. The summed E-state index contributed by atoms with van der Waals surface area (Å²) >= 11 is 12.4. The second-order valence-electron chi connectivity index (χ2n) is 10.7. The van der Waals surface area contributed by atoms with Crippen LogP contribution in [0.3, 0.4) is 0 Å². The number of carboxylic acid groups (broad SMARTS) is 1. The zero-order valence-corrected chi connectivity index (χ0v) is 23.2. The minimum absolute atomic E-state index is 0.125. The zero-order valence-electron chi connectivity index (χ0n) is 21.7. The summed E-state index contributed by atoms with van der Waals surface area (Å²) in [4.78, 5) is 41.7. The number of aliphatic carboxylic acids is 1. The lowest BCUT2D eigenvalue weighted by molar-refractivity contribution is -0.150. The standard InChI is InChI=1S/C28H32Cl2N2O6/c1-27(2,3)38-26(36)32-14-5-12-28(32)13-15-31(25(28)35)23(24(33)34)16-18-8-10-19(11-9-18)37-17-20-21(29)6-4-7-22(20)30/h4,6-11,23H,5,12-17H2,1-3H3,(H,33,34)/t23-,28-/m1/s1. The lowest BCUT2D eigenvalue weighted by Crippen LogP contribution is -2.56. The van der Waals surface area contributed by atoms with E-state index in [1.54, 1.807) is 63.2 Å². The molecule has 0 aromatic heterocycles. The van der Waals surface area contributed by atoms with Gasteiger partial charge in [0.05, 0.1) is 0 Å². The Kier molecular flexibility index (Phi) is 8.14. The molecule has 2 atom stereocenters. The van der Waals surface area contributed by atoms with Crippen molar-refractivity contribution in [3.8, 4) is 5.75 Å². The van der Waals surface area contributed by atoms with Gasteiger partial charge in [-0.2, -0.15) is 0 Å². The Morgan fingerprint density at radius 1 is 1.05 bits per heavy atom. The lowest BCUT2D eigenvalue weighted by Gasteiger charge is -2.35. The van der Waals surface area contributed by atoms with Gasteiger partial charge in [0.2, 0.25) is 5.91 Å². The fourth-order valence-electron chi connectivity index (χ4n) is 5.12. The maximum Gasteiger partial charge on any atom is 0.411 e. The van der Waals surface area contributed by atoms with E-state index in [1.807, 2.05) is 0 Å². The average molecular weight is 563 g/mol. The van der Waals surface area contributed by atoms with Gasteiger partial charge in [0.25, 0.3) is 0 Å². The number of hydrogen-bond acceptors (Lipinski definition) is 5. The second kappa shape index (κ2) is 11.0. The summed E-state index contributed by atoms with van der Waals surface area (Å²) in [6.45, 7) is 6.19. The maximum absolute atomic E-state index is 13.6. The Bertz CT molecular complexity index is 1190. The van der Waals surface area contributed by atoms with Crippen LogP contribution in [0.25, 0.3) is 0 Å². The van der Waals surface area contributed by atoms with Crippen LogP contribution in [-0.2, 0) is 27.4 Å². The SMILES string of the molecule is CC(C)(C)OC(=O)N1CCC[C@]12CCN([C@H](Cc1ccc(OCc3c(Cl)cccc3Cl)cc1)C(=O)O)C2=O. The number of hydrogen-bond donors (Lipinski definition) is 1. The number of carbonyl (C=O) groups excluding carboxylic acids is 2. The van der Waals surface area contributed by atoms with E-state index in [1.165, 1.54) is 9.80 Å². The molecule has 2 amide bonds. The first-order valence-corrected chi connectivity index (χ1v) is 13.4. The van der Waals surface area contributed by atoms with Crippen LogP contribution in [0.4, 0.5) is 4.79 Å². The third-order valence-electron chi connectivity index (χ3n) is 6.99. The molecule has 8 nitrogen and oxygen atoms in total. The summed E-state index contributed by atoms with van der Waals surface area (Å²) in [6, 6.07) is 11.2. The molecule has 0 unspecified atom stereocenters. The predicted molar refractivity (Wildman–Crippen MR) is 144 cm³/mol. The summed E-state index contributed by atoms with van der Waals surface area (Å²) < 4.78 is 11.4. The quantitative estimate of drug-likeness (QED) is 0.473. The van der Waals surface area contributed by atoms with Crippen molar-refractivity contribution in [1.29, 1.82) is 0 Å². The fraction of sp³-hybridized carbons (Fsp3) is 0.464. The highest BCUT2D eigenvalue weighted by Gasteiger charge is 2.57. The fourth-order valence-corrected chi connectivity index (χ4v) is 5.63. The molecule has 0 aliphatic carbocycles. The van der Waals surface area contributed by atoms with Crippen LogP contribution in [0.15, 0.2) is 42.5 Å². The number of benzene rings is 2. The Labute approximate surface area is 232 Å². The van der Waals surface area contributed by atoms with Crippen LogP contribution >= 0.6 is 23.2 Å². The van der Waals surface area contributed by atoms with Crippen LogP contribution in [0.2, 0.25) is 10.0 Å². The number of amides is 2. The Hall–Kier alpha value is -2.97. The third-order valence-corrected chi connectivity index (χ3v) is 7.69. The van der Waals surface area contributed by atoms with E-state index in [-0.39, 0.29) is 25.5 Å². The van der Waals surface area contributed by atoms with Crippen molar-refractivity contribution in [3.63, 3.8) is 0 Å². The maximum atomic E-state index is 13.6. The highest BCUT2D eigenvalue weighted by atomic mass is 35.5. The topological polar surface area (TPSA) is 96.4 Å². The number of halogens is 2. The number of carbonyl (C=O) groups is 3. The molecule has 0 bridgehead atoms. The van der Waals surface area contributed by atoms with Crippen molar-refractivity contribution in [2.75, 3.05) is 13.1 Å². The highest BCUT2D eigenvalue weighted by Crippen LogP contribution is 2.40. The monoisotopic (exact) mass is 562 g/mol. The molecule has 2 heterocycles. The molecular weight excluding hydrogens is 531 g/mol. The summed E-state index contributed by atoms with van der Waals surface area (Å²) in [5.41, 5.74) is -0.320. The second-order valence-corrected chi connectivity index (χ2v) is 11.5. The molecule has 10 heteroatoms. The van der Waals surface area contributed by atoms with E-state index in [4.69, 9.17) is 32.7 Å². The van der Waals surface area contributed by atoms with Crippen molar-refractivity contribution >= 4 is 41.2 Å². The minimum atomic E-state index is -1.09. The number of carboxylic acids is 1. The lowest BCUT2D eigenvalue weighted by atomic mass is 9.94. The van der Waals surface area contributed by atoms with E-state index >= 15 is 0 Å². The summed E-state index contributed by atoms with van der Waals surface area (Å²) in [7, 11) is 0. The van der Waals surface area contributed by atoms with E-state index < -0.39 is 29.2 Å². The van der Waals surface area contributed by atoms with Gasteiger partial charge in [-0.25, -0.2) is 9.59 Å². The summed E-state index contributed by atoms with van der Waals surface area (Å²) in [5.74, 6) is -0.845. The molecule has 204 valence electrons. The predicted octanol–water partition coefficient (Wildman–Crippen LogP) is 5.57. The van der Waals surface area contributed by atoms with Crippen molar-refractivity contribution in [3.05, 3.63) is 63.6 Å². The molecule has 2 fully saturated rings. The van der Waals surface area contributed by atoms with E-state index in [0.29, 0.717) is 47.2 Å². The van der Waals surface area contributed by atoms with Crippen molar-refractivity contribution < 1.29 is 29.0 Å². The van der Waals surface area contributed by atoms with Gasteiger partial charge in [-0.05, 0) is 69.9 Å². The molecule has 1 N–H and O–H groups in total. The first kappa shape index (κ1) is 28.0. The van der Waals surface area contributed by atoms with Gasteiger partial charge in [-0.3, -0.25) is 9.69 Å². The molecule has 2 aromatic carbocycles. The molecular formula is C28H32Cl2N2O6. The van der Waals surface area contributed by atoms with Crippen LogP contribution in [-0.4, -0.2) is 63.1 Å². The van der Waals surface area contributed by atoms with Crippen LogP contribution < -0.4 is 4.74 Å². The van der Waals surface area contributed by atoms with Gasteiger partial charge in [0, 0.05) is 35.1 Å². The third kappa shape index (κ3) is 5.86. The smallest absolute Gasteiger partial charge is 0.411 e. The van der Waals surface area contributed by atoms with Gasteiger partial charge in [0.15, 0.2) is 0 Å². The van der Waals surface area contributed by atoms with Crippen molar-refractivity contribution in [2.45, 2.75) is 70.2 Å². The molecule has 2 aliphatic rings. The van der Waals surface area contributed by atoms with E-state index in [9.17, 15) is 19.5 Å². The number of ether oxygens (including phenoxy) is 2. The van der Waals surface area contributed by atoms with Gasteiger partial charge >= 0.3 is 12.1 Å². The molecule has 2 aliphatic heterocycles. The van der Waals surface area contributed by atoms with Crippen LogP contribution in [0.5, 0.6) is 5.75 Å². The number of likely N-dealkylation sites (tertiary alicyclic amines) is 2. The van der Waals surface area contributed by atoms with Gasteiger partial charge in [-0.15, -0.1) is 0 Å². The Morgan fingerprint density at radius 3 is 2.32 bits per heavy atom. The van der Waals surface area contributed by atoms with E-state index in [0.717, 1.165) is 5.56 Å². The average Bonchev–Trinajstić information content (AvgIpc) is 3.41. The molecule has 2 aromatic rings. The van der Waals surface area contributed by atoms with Gasteiger partial charge < -0.3 is 19.5 Å². The Balaban J connectivity index is 1.44. The zero-order chi connectivity index (χ0) is 27.7. The highest BCUT2D eigenvalue weighted by molar-refractivity contribution is 6.35. The van der Waals surface area contributed by atoms with E-state index in [2.05, 4.69) is 0 Å². The minimum Gasteiger partial charge on any atom is -0.489 e. The molecule has 2 saturated heterocycles. The first-order valence-electron chi connectivity index (χ1n) is 12.6. The van der Waals surface area contributed by atoms with Crippen LogP contribution in [0, 0.1) is 0 Å². The number of rotatable bonds is 7. The first-order chi connectivity index (χ1) is 17.9. The van der Waals surface area contributed by atoms with Gasteiger partial charge in [0.1, 0.15) is 29.5 Å².